The number of fused-ring (bicyclic) bond motifs is 1. The lowest BCUT2D eigenvalue weighted by molar-refractivity contribution is -0.122. The van der Waals surface area contributed by atoms with Crippen LogP contribution in [0.1, 0.15) is 29.3 Å². The zero-order valence-corrected chi connectivity index (χ0v) is 15.3. The molecule has 1 aliphatic rings. The maximum atomic E-state index is 12.6. The topological polar surface area (TPSA) is 99.5 Å². The van der Waals surface area contributed by atoms with Crippen LogP contribution in [-0.2, 0) is 20.7 Å². The Hall–Kier alpha value is -3.66. The molecule has 0 fully saturated rings. The van der Waals surface area contributed by atoms with Gasteiger partial charge in [0.05, 0.1) is 11.6 Å². The van der Waals surface area contributed by atoms with Crippen molar-refractivity contribution in [3.8, 4) is 6.07 Å². The van der Waals surface area contributed by atoms with Crippen molar-refractivity contribution < 1.29 is 19.1 Å². The van der Waals surface area contributed by atoms with Crippen molar-refractivity contribution in [2.45, 2.75) is 25.8 Å². The third kappa shape index (κ3) is 4.18. The summed E-state index contributed by atoms with van der Waals surface area (Å²) in [5.74, 6) is -1.32. The number of rotatable bonds is 5. The van der Waals surface area contributed by atoms with E-state index in [0.717, 1.165) is 17.7 Å². The van der Waals surface area contributed by atoms with Crippen molar-refractivity contribution in [3.05, 3.63) is 59.7 Å². The number of ether oxygens (including phenoxy) is 1. The summed E-state index contributed by atoms with van der Waals surface area (Å²) in [7, 11) is 0. The van der Waals surface area contributed by atoms with Crippen molar-refractivity contribution in [1.29, 1.82) is 5.26 Å². The van der Waals surface area contributed by atoms with Crippen LogP contribution in [0.15, 0.2) is 48.5 Å². The molecule has 1 atom stereocenters. The molecule has 3 rings (SSSR count). The molecule has 2 aromatic rings. The molecule has 0 saturated heterocycles. The Bertz CT molecular complexity index is 947. The summed E-state index contributed by atoms with van der Waals surface area (Å²) >= 11 is 0. The van der Waals surface area contributed by atoms with Gasteiger partial charge in [-0.1, -0.05) is 18.2 Å². The Morgan fingerprint density at radius 1 is 1.18 bits per heavy atom. The molecule has 2 amide bonds. The molecule has 0 radical (unpaired) electrons. The first-order chi connectivity index (χ1) is 13.5. The van der Waals surface area contributed by atoms with Crippen LogP contribution in [0.2, 0.25) is 0 Å². The highest BCUT2D eigenvalue weighted by atomic mass is 16.5. The molecule has 2 aromatic carbocycles. The maximum absolute atomic E-state index is 12.6. The van der Waals surface area contributed by atoms with E-state index >= 15 is 0 Å². The Morgan fingerprint density at radius 3 is 2.61 bits per heavy atom. The molecule has 1 N–H and O–H groups in total. The van der Waals surface area contributed by atoms with Gasteiger partial charge in [-0.2, -0.15) is 5.26 Å². The van der Waals surface area contributed by atoms with E-state index < -0.39 is 11.9 Å². The van der Waals surface area contributed by atoms with Crippen molar-refractivity contribution >= 4 is 29.2 Å². The number of benzene rings is 2. The van der Waals surface area contributed by atoms with E-state index in [1.807, 2.05) is 31.2 Å². The zero-order chi connectivity index (χ0) is 20.1. The first-order valence-electron chi connectivity index (χ1n) is 8.83. The van der Waals surface area contributed by atoms with Gasteiger partial charge in [-0.25, -0.2) is 4.79 Å². The summed E-state index contributed by atoms with van der Waals surface area (Å²) in [4.78, 5) is 37.8. The van der Waals surface area contributed by atoms with E-state index in [-0.39, 0.29) is 30.5 Å². The van der Waals surface area contributed by atoms with Crippen molar-refractivity contribution in [2.75, 3.05) is 16.8 Å². The predicted octanol–water partition coefficient (Wildman–Crippen LogP) is 2.67. The SMILES string of the molecule is C[C@H]1Cc2ccccc2N1C(=O)COC(=O)c1ccc(NC(=O)CC#N)cc1. The van der Waals surface area contributed by atoms with E-state index in [2.05, 4.69) is 5.32 Å². The van der Waals surface area contributed by atoms with Gasteiger partial charge in [-0.15, -0.1) is 0 Å². The molecule has 7 heteroatoms. The van der Waals surface area contributed by atoms with E-state index in [0.29, 0.717) is 5.69 Å². The molecule has 0 aliphatic carbocycles. The third-order valence-corrected chi connectivity index (χ3v) is 4.45. The van der Waals surface area contributed by atoms with Crippen LogP contribution in [0.5, 0.6) is 0 Å². The van der Waals surface area contributed by atoms with Gasteiger partial charge in [-0.05, 0) is 49.2 Å². The molecule has 142 valence electrons. The van der Waals surface area contributed by atoms with Crippen LogP contribution in [0.4, 0.5) is 11.4 Å². The number of nitrogens with one attached hydrogen (secondary N) is 1. The van der Waals surface area contributed by atoms with Crippen LogP contribution in [0.3, 0.4) is 0 Å². The quantitative estimate of drug-likeness (QED) is 0.808. The summed E-state index contributed by atoms with van der Waals surface area (Å²) in [6.45, 7) is 1.61. The van der Waals surface area contributed by atoms with Gasteiger partial charge in [0.2, 0.25) is 5.91 Å². The number of esters is 1. The summed E-state index contributed by atoms with van der Waals surface area (Å²) < 4.78 is 5.16. The predicted molar refractivity (Wildman–Crippen MR) is 103 cm³/mol. The second-order valence-corrected chi connectivity index (χ2v) is 6.48. The van der Waals surface area contributed by atoms with Crippen LogP contribution >= 0.6 is 0 Å². The normalized spacial score (nSPS) is 14.7. The Balaban J connectivity index is 1.58. The monoisotopic (exact) mass is 377 g/mol. The lowest BCUT2D eigenvalue weighted by atomic mass is 10.1. The maximum Gasteiger partial charge on any atom is 0.338 e. The minimum Gasteiger partial charge on any atom is -0.452 e. The van der Waals surface area contributed by atoms with Gasteiger partial charge in [0.25, 0.3) is 5.91 Å². The Morgan fingerprint density at radius 2 is 1.89 bits per heavy atom. The minimum atomic E-state index is -0.622. The molecular weight excluding hydrogens is 358 g/mol. The average Bonchev–Trinajstić information content (AvgIpc) is 3.02. The van der Waals surface area contributed by atoms with Crippen LogP contribution in [0.25, 0.3) is 0 Å². The van der Waals surface area contributed by atoms with E-state index in [4.69, 9.17) is 10.00 Å². The number of hydrogen-bond donors (Lipinski definition) is 1. The Labute approximate surface area is 162 Å². The highest BCUT2D eigenvalue weighted by molar-refractivity contribution is 5.99. The van der Waals surface area contributed by atoms with Crippen molar-refractivity contribution in [3.63, 3.8) is 0 Å². The molecule has 0 unspecified atom stereocenters. The third-order valence-electron chi connectivity index (χ3n) is 4.45. The van der Waals surface area contributed by atoms with E-state index in [9.17, 15) is 14.4 Å². The zero-order valence-electron chi connectivity index (χ0n) is 15.3. The fraction of sp³-hybridized carbons (Fsp3) is 0.238. The first-order valence-corrected chi connectivity index (χ1v) is 8.83. The summed E-state index contributed by atoms with van der Waals surface area (Å²) in [6.07, 6.45) is 0.527. The molecule has 1 aliphatic heterocycles. The van der Waals surface area contributed by atoms with E-state index in [1.54, 1.807) is 11.0 Å². The molecule has 7 nitrogen and oxygen atoms in total. The number of para-hydroxylation sites is 1. The molecule has 28 heavy (non-hydrogen) atoms. The molecule has 1 heterocycles. The summed E-state index contributed by atoms with van der Waals surface area (Å²) in [6, 6.07) is 15.5. The fourth-order valence-corrected chi connectivity index (χ4v) is 3.19. The second-order valence-electron chi connectivity index (χ2n) is 6.48. The first kappa shape index (κ1) is 19.1. The second kappa shape index (κ2) is 8.35. The van der Waals surface area contributed by atoms with Gasteiger partial charge in [0.15, 0.2) is 6.61 Å². The largest absolute Gasteiger partial charge is 0.452 e. The van der Waals surface area contributed by atoms with Gasteiger partial charge >= 0.3 is 5.97 Å². The molecule has 0 spiro atoms. The molecule has 0 bridgehead atoms. The number of amides is 2. The van der Waals surface area contributed by atoms with Gasteiger partial charge in [0, 0.05) is 17.4 Å². The van der Waals surface area contributed by atoms with Crippen molar-refractivity contribution in [1.82, 2.24) is 0 Å². The number of nitriles is 1. The lowest BCUT2D eigenvalue weighted by Crippen LogP contribution is -2.38. The van der Waals surface area contributed by atoms with E-state index in [1.165, 1.54) is 24.3 Å². The number of hydrogen-bond acceptors (Lipinski definition) is 5. The lowest BCUT2D eigenvalue weighted by Gasteiger charge is -2.22. The number of carbonyl (C=O) groups is 3. The van der Waals surface area contributed by atoms with Crippen LogP contribution in [-0.4, -0.2) is 30.4 Å². The highest BCUT2D eigenvalue weighted by Gasteiger charge is 2.31. The molecule has 0 saturated carbocycles. The van der Waals surface area contributed by atoms with Gasteiger partial charge in [0.1, 0.15) is 6.42 Å². The summed E-state index contributed by atoms with van der Waals surface area (Å²) in [5.41, 5.74) is 2.69. The number of carbonyl (C=O) groups excluding carboxylic acids is 3. The highest BCUT2D eigenvalue weighted by Crippen LogP contribution is 2.31. The van der Waals surface area contributed by atoms with Crippen LogP contribution < -0.4 is 10.2 Å². The Kier molecular flexibility index (Phi) is 5.70. The minimum absolute atomic E-state index is 0.0138. The number of anilines is 2. The summed E-state index contributed by atoms with van der Waals surface area (Å²) in [5, 5.41) is 11.0. The number of nitrogens with zero attached hydrogens (tertiary/aromatic N) is 2. The smallest absolute Gasteiger partial charge is 0.338 e. The standard InChI is InChI=1S/C21H19N3O4/c1-14-12-16-4-2-3-5-18(16)24(14)20(26)13-28-21(27)15-6-8-17(9-7-15)23-19(25)10-11-22/h2-9,14H,10,12-13H2,1H3,(H,23,25)/t14-/m0/s1. The van der Waals surface area contributed by atoms with Crippen molar-refractivity contribution in [2.24, 2.45) is 0 Å². The fourth-order valence-electron chi connectivity index (χ4n) is 3.19. The van der Waals surface area contributed by atoms with Crippen LogP contribution in [0, 0.1) is 11.3 Å². The molecular formula is C21H19N3O4. The average molecular weight is 377 g/mol. The van der Waals surface area contributed by atoms with Gasteiger partial charge < -0.3 is 15.0 Å². The molecule has 0 aromatic heterocycles. The van der Waals surface area contributed by atoms with Gasteiger partial charge in [-0.3, -0.25) is 9.59 Å².